The Kier molecular flexibility index (Phi) is 3.57. The Morgan fingerprint density at radius 3 is 2.33 bits per heavy atom. The van der Waals surface area contributed by atoms with Crippen molar-refractivity contribution in [3.05, 3.63) is 29.8 Å². The fourth-order valence-electron chi connectivity index (χ4n) is 2.73. The summed E-state index contributed by atoms with van der Waals surface area (Å²) in [7, 11) is 0. The third-order valence-electron chi connectivity index (χ3n) is 4.63. The van der Waals surface area contributed by atoms with E-state index in [0.29, 0.717) is 24.4 Å². The number of carboxylic acid groups (broad SMARTS) is 1. The van der Waals surface area contributed by atoms with Gasteiger partial charge >= 0.3 is 12.0 Å². The zero-order valence-corrected chi connectivity index (χ0v) is 11.9. The van der Waals surface area contributed by atoms with E-state index >= 15 is 0 Å². The fraction of sp³-hybridized carbons (Fsp3) is 0.500. The zero-order valence-electron chi connectivity index (χ0n) is 11.9. The third-order valence-corrected chi connectivity index (χ3v) is 4.63. The van der Waals surface area contributed by atoms with Gasteiger partial charge in [0.1, 0.15) is 0 Å². The van der Waals surface area contributed by atoms with E-state index in [9.17, 15) is 14.7 Å². The molecule has 0 spiro atoms. The number of anilines is 1. The normalized spacial score (nSPS) is 19.4. The van der Waals surface area contributed by atoms with Gasteiger partial charge in [0.05, 0.1) is 5.41 Å². The molecule has 3 N–H and O–H groups in total. The summed E-state index contributed by atoms with van der Waals surface area (Å²) in [5, 5.41) is 14.9. The SMILES string of the molecule is O=C(NCC1CCC1)Nc1ccc(C2(C(=O)O)CC2)cc1. The number of amides is 2. The van der Waals surface area contributed by atoms with E-state index in [0.717, 1.165) is 12.1 Å². The number of carbonyl (C=O) groups excluding carboxylic acids is 1. The summed E-state index contributed by atoms with van der Waals surface area (Å²) >= 11 is 0. The minimum Gasteiger partial charge on any atom is -0.481 e. The summed E-state index contributed by atoms with van der Waals surface area (Å²) in [6.45, 7) is 0.728. The van der Waals surface area contributed by atoms with Crippen LogP contribution in [0.15, 0.2) is 24.3 Å². The van der Waals surface area contributed by atoms with Crippen molar-refractivity contribution in [2.24, 2.45) is 5.92 Å². The number of benzene rings is 1. The van der Waals surface area contributed by atoms with Gasteiger partial charge in [-0.15, -0.1) is 0 Å². The van der Waals surface area contributed by atoms with Gasteiger partial charge in [0.15, 0.2) is 0 Å². The first-order valence-electron chi connectivity index (χ1n) is 7.49. The molecule has 0 heterocycles. The van der Waals surface area contributed by atoms with Gasteiger partial charge < -0.3 is 15.7 Å². The lowest BCUT2D eigenvalue weighted by molar-refractivity contribution is -0.140. The van der Waals surface area contributed by atoms with Crippen molar-refractivity contribution in [3.63, 3.8) is 0 Å². The first kappa shape index (κ1) is 13.9. The second kappa shape index (κ2) is 5.39. The van der Waals surface area contributed by atoms with E-state index in [4.69, 9.17) is 0 Å². The van der Waals surface area contributed by atoms with Gasteiger partial charge in [0.2, 0.25) is 0 Å². The van der Waals surface area contributed by atoms with Gasteiger partial charge in [-0.25, -0.2) is 4.79 Å². The molecule has 0 unspecified atom stereocenters. The Morgan fingerprint density at radius 2 is 1.86 bits per heavy atom. The first-order chi connectivity index (χ1) is 10.1. The highest BCUT2D eigenvalue weighted by Gasteiger charge is 2.51. The Labute approximate surface area is 123 Å². The molecule has 2 amide bonds. The van der Waals surface area contributed by atoms with Crippen LogP contribution in [0.2, 0.25) is 0 Å². The summed E-state index contributed by atoms with van der Waals surface area (Å²) in [5.74, 6) is -0.134. The Hall–Kier alpha value is -2.04. The molecule has 2 aliphatic rings. The van der Waals surface area contributed by atoms with Crippen LogP contribution in [0.25, 0.3) is 0 Å². The molecule has 0 atom stereocenters. The van der Waals surface area contributed by atoms with E-state index in [1.807, 2.05) is 0 Å². The average Bonchev–Trinajstić information content (AvgIpc) is 3.19. The van der Waals surface area contributed by atoms with E-state index in [1.165, 1.54) is 19.3 Å². The van der Waals surface area contributed by atoms with Crippen molar-refractivity contribution in [2.75, 3.05) is 11.9 Å². The molecule has 0 aliphatic heterocycles. The molecule has 0 bridgehead atoms. The van der Waals surface area contributed by atoms with Crippen LogP contribution in [0.3, 0.4) is 0 Å². The van der Waals surface area contributed by atoms with Crippen LogP contribution in [0.4, 0.5) is 10.5 Å². The number of carbonyl (C=O) groups is 2. The highest BCUT2D eigenvalue weighted by atomic mass is 16.4. The molecule has 2 fully saturated rings. The lowest BCUT2D eigenvalue weighted by Crippen LogP contribution is -2.35. The van der Waals surface area contributed by atoms with Crippen LogP contribution < -0.4 is 10.6 Å². The van der Waals surface area contributed by atoms with Gasteiger partial charge in [0.25, 0.3) is 0 Å². The number of hydrogen-bond donors (Lipinski definition) is 3. The molecule has 5 nitrogen and oxygen atoms in total. The number of hydrogen-bond acceptors (Lipinski definition) is 2. The summed E-state index contributed by atoms with van der Waals surface area (Å²) in [4.78, 5) is 23.0. The topological polar surface area (TPSA) is 78.4 Å². The number of urea groups is 1. The lowest BCUT2D eigenvalue weighted by atomic mass is 9.85. The second-order valence-corrected chi connectivity index (χ2v) is 6.10. The van der Waals surface area contributed by atoms with Gasteiger partial charge in [-0.1, -0.05) is 18.6 Å². The Morgan fingerprint density at radius 1 is 1.19 bits per heavy atom. The summed E-state index contributed by atoms with van der Waals surface area (Å²) in [6, 6.07) is 6.92. The molecule has 0 radical (unpaired) electrons. The van der Waals surface area contributed by atoms with E-state index in [1.54, 1.807) is 24.3 Å². The van der Waals surface area contributed by atoms with Crippen LogP contribution in [-0.2, 0) is 10.2 Å². The zero-order chi connectivity index (χ0) is 14.9. The minimum absolute atomic E-state index is 0.200. The highest BCUT2D eigenvalue weighted by molar-refractivity contribution is 5.89. The van der Waals surface area contributed by atoms with Crippen molar-refractivity contribution in [2.45, 2.75) is 37.5 Å². The van der Waals surface area contributed by atoms with Crippen molar-refractivity contribution in [1.29, 1.82) is 0 Å². The monoisotopic (exact) mass is 288 g/mol. The second-order valence-electron chi connectivity index (χ2n) is 6.10. The standard InChI is InChI=1S/C16H20N2O3/c19-14(20)16(8-9-16)12-4-6-13(7-5-12)18-15(21)17-10-11-2-1-3-11/h4-7,11H,1-3,8-10H2,(H,19,20)(H2,17,18,21). The van der Waals surface area contributed by atoms with Crippen LogP contribution in [0, 0.1) is 5.92 Å². The molecule has 1 aromatic rings. The maximum atomic E-state index is 11.7. The van der Waals surface area contributed by atoms with Gasteiger partial charge in [-0.05, 0) is 49.3 Å². The molecule has 112 valence electrons. The summed E-state index contributed by atoms with van der Waals surface area (Å²) in [6.07, 6.45) is 5.05. The van der Waals surface area contributed by atoms with E-state index < -0.39 is 11.4 Å². The molecule has 2 aliphatic carbocycles. The number of rotatable bonds is 5. The Balaban J connectivity index is 1.54. The average molecular weight is 288 g/mol. The van der Waals surface area contributed by atoms with E-state index in [-0.39, 0.29) is 6.03 Å². The van der Waals surface area contributed by atoms with Crippen molar-refractivity contribution < 1.29 is 14.7 Å². The predicted molar refractivity (Wildman–Crippen MR) is 79.4 cm³/mol. The summed E-state index contributed by atoms with van der Waals surface area (Å²) in [5.41, 5.74) is 0.812. The molecule has 0 saturated heterocycles. The highest BCUT2D eigenvalue weighted by Crippen LogP contribution is 2.48. The summed E-state index contributed by atoms with van der Waals surface area (Å²) < 4.78 is 0. The quantitative estimate of drug-likeness (QED) is 0.779. The van der Waals surface area contributed by atoms with Gasteiger partial charge in [-0.2, -0.15) is 0 Å². The molecule has 3 rings (SSSR count). The minimum atomic E-state index is -0.763. The number of nitrogens with one attached hydrogen (secondary N) is 2. The third kappa shape index (κ3) is 2.86. The molecule has 21 heavy (non-hydrogen) atoms. The van der Waals surface area contributed by atoms with Crippen molar-refractivity contribution in [1.82, 2.24) is 5.32 Å². The first-order valence-corrected chi connectivity index (χ1v) is 7.49. The number of carboxylic acids is 1. The van der Waals surface area contributed by atoms with Crippen molar-refractivity contribution in [3.8, 4) is 0 Å². The Bertz CT molecular complexity index is 545. The van der Waals surface area contributed by atoms with Crippen LogP contribution >= 0.6 is 0 Å². The maximum absolute atomic E-state index is 11.7. The molecule has 5 heteroatoms. The molecule has 0 aromatic heterocycles. The van der Waals surface area contributed by atoms with Crippen molar-refractivity contribution >= 4 is 17.7 Å². The van der Waals surface area contributed by atoms with Gasteiger partial charge in [0, 0.05) is 12.2 Å². The van der Waals surface area contributed by atoms with Crippen LogP contribution in [-0.4, -0.2) is 23.7 Å². The molecular weight excluding hydrogens is 268 g/mol. The van der Waals surface area contributed by atoms with Crippen LogP contribution in [0.5, 0.6) is 0 Å². The van der Waals surface area contributed by atoms with Gasteiger partial charge in [-0.3, -0.25) is 4.79 Å². The largest absolute Gasteiger partial charge is 0.481 e. The fourth-order valence-corrected chi connectivity index (χ4v) is 2.73. The number of aliphatic carboxylic acids is 1. The van der Waals surface area contributed by atoms with Crippen LogP contribution in [0.1, 0.15) is 37.7 Å². The molecule has 2 saturated carbocycles. The van der Waals surface area contributed by atoms with E-state index in [2.05, 4.69) is 10.6 Å². The maximum Gasteiger partial charge on any atom is 0.319 e. The smallest absolute Gasteiger partial charge is 0.319 e. The molecular formula is C16H20N2O3. The predicted octanol–water partition coefficient (Wildman–Crippen LogP) is 2.72. The molecule has 1 aromatic carbocycles. The lowest BCUT2D eigenvalue weighted by Gasteiger charge is -2.25.